The molecule has 0 bridgehead atoms. The van der Waals surface area contributed by atoms with E-state index in [0.29, 0.717) is 22.7 Å². The number of esters is 1. The standard InChI is InChI=1S/C30H32ClN5O2/c1-18(2)38-28(37)13-21-17-36(27-7-5-4-6-24(21)27)29-26(31)15-32-30(34-29)33-22-12-20-16-35(3)11-10-23(20)25(14-22)19-8-9-19/h4-7,12,14-15,17-19H,8-11,13,16H2,1-3H3,(H,32,33,34). The van der Waals surface area contributed by atoms with Gasteiger partial charge in [0.15, 0.2) is 5.82 Å². The third-order valence-electron chi connectivity index (χ3n) is 7.28. The summed E-state index contributed by atoms with van der Waals surface area (Å²) in [5.41, 5.74) is 7.17. The Morgan fingerprint density at radius 2 is 2.05 bits per heavy atom. The topological polar surface area (TPSA) is 72.3 Å². The number of fused-ring (bicyclic) bond motifs is 2. The van der Waals surface area contributed by atoms with Gasteiger partial charge in [-0.15, -0.1) is 0 Å². The van der Waals surface area contributed by atoms with Gasteiger partial charge >= 0.3 is 5.97 Å². The molecule has 2 aliphatic rings. The fourth-order valence-electron chi connectivity index (χ4n) is 5.45. The van der Waals surface area contributed by atoms with Crippen molar-refractivity contribution in [2.75, 3.05) is 18.9 Å². The Labute approximate surface area is 227 Å². The number of aromatic nitrogens is 3. The fourth-order valence-corrected chi connectivity index (χ4v) is 5.63. The van der Waals surface area contributed by atoms with E-state index in [2.05, 4.69) is 34.4 Å². The zero-order valence-electron chi connectivity index (χ0n) is 22.0. The molecule has 0 amide bonds. The molecular formula is C30H32ClN5O2. The maximum absolute atomic E-state index is 12.4. The monoisotopic (exact) mass is 529 g/mol. The van der Waals surface area contributed by atoms with Crippen molar-refractivity contribution in [2.45, 2.75) is 58.1 Å². The number of nitrogens with zero attached hydrogens (tertiary/aromatic N) is 4. The van der Waals surface area contributed by atoms with E-state index in [0.717, 1.165) is 41.7 Å². The molecule has 4 aromatic rings. The highest BCUT2D eigenvalue weighted by atomic mass is 35.5. The second-order valence-electron chi connectivity index (χ2n) is 10.7. The van der Waals surface area contributed by atoms with E-state index in [1.165, 1.54) is 29.5 Å². The van der Waals surface area contributed by atoms with Gasteiger partial charge in [0.25, 0.3) is 0 Å². The number of hydrogen-bond donors (Lipinski definition) is 1. The third kappa shape index (κ3) is 5.00. The first kappa shape index (κ1) is 24.9. The Kier molecular flexibility index (Phi) is 6.58. The van der Waals surface area contributed by atoms with Crippen LogP contribution in [0.4, 0.5) is 11.6 Å². The minimum Gasteiger partial charge on any atom is -0.463 e. The summed E-state index contributed by atoms with van der Waals surface area (Å²) < 4.78 is 7.32. The number of ether oxygens (including phenoxy) is 1. The zero-order valence-corrected chi connectivity index (χ0v) is 22.8. The van der Waals surface area contributed by atoms with Gasteiger partial charge in [0.1, 0.15) is 5.02 Å². The predicted octanol–water partition coefficient (Wildman–Crippen LogP) is 6.18. The molecular weight excluding hydrogens is 498 g/mol. The molecule has 3 heterocycles. The zero-order chi connectivity index (χ0) is 26.4. The molecule has 7 nitrogen and oxygen atoms in total. The lowest BCUT2D eigenvalue weighted by molar-refractivity contribution is -0.146. The molecule has 1 aliphatic heterocycles. The van der Waals surface area contributed by atoms with E-state index in [1.54, 1.807) is 6.20 Å². The van der Waals surface area contributed by atoms with Gasteiger partial charge in [0, 0.05) is 30.4 Å². The van der Waals surface area contributed by atoms with Crippen LogP contribution in [0.2, 0.25) is 5.02 Å². The molecule has 0 atom stereocenters. The average molecular weight is 530 g/mol. The highest BCUT2D eigenvalue weighted by Gasteiger charge is 2.29. The largest absolute Gasteiger partial charge is 0.463 e. The second kappa shape index (κ2) is 10.0. The first-order valence-corrected chi connectivity index (χ1v) is 13.7. The van der Waals surface area contributed by atoms with Crippen molar-refractivity contribution in [2.24, 2.45) is 0 Å². The number of carbonyl (C=O) groups is 1. The Morgan fingerprint density at radius 1 is 1.24 bits per heavy atom. The average Bonchev–Trinajstić information content (AvgIpc) is 3.67. The number of nitrogens with one attached hydrogen (secondary N) is 1. The molecule has 196 valence electrons. The molecule has 1 aliphatic carbocycles. The van der Waals surface area contributed by atoms with Gasteiger partial charge < -0.3 is 15.0 Å². The Hall–Kier alpha value is -3.42. The van der Waals surface area contributed by atoms with Crippen molar-refractivity contribution in [3.8, 4) is 5.82 Å². The molecule has 6 rings (SSSR count). The van der Waals surface area contributed by atoms with Crippen LogP contribution in [0, 0.1) is 0 Å². The van der Waals surface area contributed by atoms with Gasteiger partial charge in [0.05, 0.1) is 24.2 Å². The van der Waals surface area contributed by atoms with E-state index < -0.39 is 0 Å². The fraction of sp³-hybridized carbons (Fsp3) is 0.367. The van der Waals surface area contributed by atoms with Crippen LogP contribution in [0.25, 0.3) is 16.7 Å². The number of hydrogen-bond acceptors (Lipinski definition) is 6. The summed E-state index contributed by atoms with van der Waals surface area (Å²) in [4.78, 5) is 24.1. The van der Waals surface area contributed by atoms with Crippen LogP contribution in [0.3, 0.4) is 0 Å². The highest BCUT2D eigenvalue weighted by Crippen LogP contribution is 2.44. The number of likely N-dealkylation sites (N-methyl/N-ethyl adjacent to an activating group) is 1. The van der Waals surface area contributed by atoms with Crippen LogP contribution >= 0.6 is 11.6 Å². The summed E-state index contributed by atoms with van der Waals surface area (Å²) in [5.74, 6) is 1.45. The van der Waals surface area contributed by atoms with Gasteiger partial charge in [-0.1, -0.05) is 29.8 Å². The summed E-state index contributed by atoms with van der Waals surface area (Å²) in [6.45, 7) is 5.76. The molecule has 38 heavy (non-hydrogen) atoms. The minimum atomic E-state index is -0.261. The van der Waals surface area contributed by atoms with E-state index in [9.17, 15) is 4.79 Å². The summed E-state index contributed by atoms with van der Waals surface area (Å²) in [6.07, 6.45) is 7.19. The first-order chi connectivity index (χ1) is 18.4. The summed E-state index contributed by atoms with van der Waals surface area (Å²) in [5, 5.41) is 4.84. The van der Waals surface area contributed by atoms with Crippen molar-refractivity contribution in [1.29, 1.82) is 0 Å². The number of para-hydroxylation sites is 1. The van der Waals surface area contributed by atoms with Crippen LogP contribution in [0.5, 0.6) is 0 Å². The summed E-state index contributed by atoms with van der Waals surface area (Å²) in [6, 6.07) is 12.4. The number of halogens is 1. The van der Waals surface area contributed by atoms with E-state index in [1.807, 2.05) is 48.9 Å². The van der Waals surface area contributed by atoms with Crippen LogP contribution in [-0.2, 0) is 28.9 Å². The van der Waals surface area contributed by atoms with Crippen molar-refractivity contribution in [3.05, 3.63) is 76.1 Å². The number of carbonyl (C=O) groups excluding carboxylic acids is 1. The van der Waals surface area contributed by atoms with Gasteiger partial charge in [-0.2, -0.15) is 4.98 Å². The highest BCUT2D eigenvalue weighted by molar-refractivity contribution is 6.32. The number of rotatable bonds is 7. The lowest BCUT2D eigenvalue weighted by atomic mass is 9.91. The Balaban J connectivity index is 1.35. The van der Waals surface area contributed by atoms with Gasteiger partial charge in [0.2, 0.25) is 5.95 Å². The van der Waals surface area contributed by atoms with Crippen LogP contribution in [0.1, 0.15) is 54.9 Å². The van der Waals surface area contributed by atoms with Crippen molar-refractivity contribution in [1.82, 2.24) is 19.4 Å². The second-order valence-corrected chi connectivity index (χ2v) is 11.1. The predicted molar refractivity (Wildman–Crippen MR) is 151 cm³/mol. The first-order valence-electron chi connectivity index (χ1n) is 13.3. The van der Waals surface area contributed by atoms with E-state index >= 15 is 0 Å². The number of benzene rings is 2. The van der Waals surface area contributed by atoms with E-state index in [-0.39, 0.29) is 18.5 Å². The molecule has 0 unspecified atom stereocenters. The molecule has 2 aromatic heterocycles. The quantitative estimate of drug-likeness (QED) is 0.288. The van der Waals surface area contributed by atoms with Gasteiger partial charge in [-0.3, -0.25) is 9.36 Å². The van der Waals surface area contributed by atoms with Crippen molar-refractivity contribution < 1.29 is 9.53 Å². The molecule has 2 aromatic carbocycles. The SMILES string of the molecule is CC(C)OC(=O)Cc1cn(-c2nc(Nc3cc4c(c(C5CC5)c3)CCN(C)C4)ncc2Cl)c2ccccc12. The molecule has 0 spiro atoms. The van der Waals surface area contributed by atoms with Crippen LogP contribution < -0.4 is 5.32 Å². The van der Waals surface area contributed by atoms with E-state index in [4.69, 9.17) is 21.3 Å². The lowest BCUT2D eigenvalue weighted by Gasteiger charge is -2.28. The maximum Gasteiger partial charge on any atom is 0.310 e. The molecule has 1 fully saturated rings. The molecule has 0 saturated heterocycles. The van der Waals surface area contributed by atoms with Crippen molar-refractivity contribution >= 4 is 40.1 Å². The number of anilines is 2. The normalized spacial score (nSPS) is 15.6. The molecule has 1 saturated carbocycles. The summed E-state index contributed by atoms with van der Waals surface area (Å²) >= 11 is 6.63. The van der Waals surface area contributed by atoms with Crippen LogP contribution in [0.15, 0.2) is 48.8 Å². The maximum atomic E-state index is 12.4. The molecule has 0 radical (unpaired) electrons. The van der Waals surface area contributed by atoms with Crippen LogP contribution in [-0.4, -0.2) is 45.1 Å². The molecule has 1 N–H and O–H groups in total. The Morgan fingerprint density at radius 3 is 2.84 bits per heavy atom. The lowest BCUT2D eigenvalue weighted by Crippen LogP contribution is -2.27. The minimum absolute atomic E-state index is 0.162. The smallest absolute Gasteiger partial charge is 0.310 e. The summed E-state index contributed by atoms with van der Waals surface area (Å²) in [7, 11) is 2.17. The third-order valence-corrected chi connectivity index (χ3v) is 7.55. The molecule has 8 heteroatoms. The van der Waals surface area contributed by atoms with Gasteiger partial charge in [-0.05, 0) is 86.5 Å². The van der Waals surface area contributed by atoms with Gasteiger partial charge in [-0.25, -0.2) is 4.98 Å². The Bertz CT molecular complexity index is 1520. The van der Waals surface area contributed by atoms with Crippen molar-refractivity contribution in [3.63, 3.8) is 0 Å².